The van der Waals surface area contributed by atoms with E-state index in [-0.39, 0.29) is 5.29 Å². The van der Waals surface area contributed by atoms with Crippen LogP contribution >= 0.6 is 34.8 Å². The molecule has 0 aromatic carbocycles. The molecule has 1 aliphatic rings. The molecule has 0 aromatic heterocycles. The molecule has 0 spiro atoms. The predicted molar refractivity (Wildman–Crippen MR) is 44.6 cm³/mol. The quantitative estimate of drug-likeness (QED) is 0.467. The van der Waals surface area contributed by atoms with Crippen LogP contribution in [-0.4, -0.2) is 21.2 Å². The lowest BCUT2D eigenvalue weighted by Crippen LogP contribution is -2.22. The van der Waals surface area contributed by atoms with Gasteiger partial charge in [0.25, 0.3) is 0 Å². The lowest BCUT2D eigenvalue weighted by atomic mass is 10.6. The van der Waals surface area contributed by atoms with Gasteiger partial charge in [-0.1, -0.05) is 29.8 Å². The third kappa shape index (κ3) is 1.57. The maximum absolute atomic E-state index is 5.64. The van der Waals surface area contributed by atoms with Crippen molar-refractivity contribution >= 4 is 40.1 Å². The van der Waals surface area contributed by atoms with Crippen LogP contribution < -0.4 is 0 Å². The molecule has 0 fully saturated rings. The van der Waals surface area contributed by atoms with E-state index in [9.17, 15) is 0 Å². The summed E-state index contributed by atoms with van der Waals surface area (Å²) in [5.74, 6) is 0. The summed E-state index contributed by atoms with van der Waals surface area (Å²) in [7, 11) is 0. The highest BCUT2D eigenvalue weighted by molar-refractivity contribution is 6.66. The molecule has 0 aliphatic carbocycles. The van der Waals surface area contributed by atoms with Crippen molar-refractivity contribution in [1.29, 1.82) is 0 Å². The Balaban J connectivity index is 2.77. The van der Waals surface area contributed by atoms with Gasteiger partial charge in [-0.15, -0.1) is 0 Å². The van der Waals surface area contributed by atoms with Crippen molar-refractivity contribution in [2.24, 2.45) is 4.99 Å². The Morgan fingerprint density at radius 3 is 2.50 bits per heavy atom. The van der Waals surface area contributed by atoms with Crippen molar-refractivity contribution in [3.8, 4) is 0 Å². The highest BCUT2D eigenvalue weighted by atomic mass is 35.5. The van der Waals surface area contributed by atoms with Crippen molar-refractivity contribution in [1.82, 2.24) is 4.90 Å². The highest BCUT2D eigenvalue weighted by Crippen LogP contribution is 2.30. The van der Waals surface area contributed by atoms with Gasteiger partial charge in [0.2, 0.25) is 9.75 Å². The second-order valence-electron chi connectivity index (χ2n) is 1.86. The van der Waals surface area contributed by atoms with E-state index in [1.54, 1.807) is 4.90 Å². The Morgan fingerprint density at radius 2 is 2.30 bits per heavy atom. The molecular formula is C5H5Cl3N2. The summed E-state index contributed by atoms with van der Waals surface area (Å²) in [6.07, 6.45) is 1.53. The molecule has 0 atom stereocenters. The van der Waals surface area contributed by atoms with E-state index in [0.29, 0.717) is 6.54 Å². The fourth-order valence-electron chi connectivity index (χ4n) is 0.645. The fourth-order valence-corrected chi connectivity index (χ4v) is 1.42. The van der Waals surface area contributed by atoms with Gasteiger partial charge in [0.05, 0.1) is 6.54 Å². The topological polar surface area (TPSA) is 15.6 Å². The number of hydrogen-bond acceptors (Lipinski definition) is 2. The molecule has 1 rings (SSSR count). The number of amidine groups is 1. The van der Waals surface area contributed by atoms with Crippen LogP contribution in [0.1, 0.15) is 0 Å². The second kappa shape index (κ2) is 2.61. The number of halogens is 3. The van der Waals surface area contributed by atoms with E-state index in [4.69, 9.17) is 34.8 Å². The SMILES string of the molecule is C=CN1CC(Cl)(Cl)N=C1Cl. The minimum atomic E-state index is -1.11. The average molecular weight is 199 g/mol. The van der Waals surface area contributed by atoms with Crippen LogP contribution in [0.4, 0.5) is 0 Å². The van der Waals surface area contributed by atoms with Gasteiger partial charge in [-0.2, -0.15) is 0 Å². The van der Waals surface area contributed by atoms with Crippen molar-refractivity contribution in [2.75, 3.05) is 6.54 Å². The van der Waals surface area contributed by atoms with Gasteiger partial charge in [-0.3, -0.25) is 0 Å². The third-order valence-corrected chi connectivity index (χ3v) is 1.78. The van der Waals surface area contributed by atoms with Gasteiger partial charge in [-0.25, -0.2) is 4.99 Å². The Bertz CT molecular complexity index is 187. The summed E-state index contributed by atoms with van der Waals surface area (Å²) in [6.45, 7) is 3.86. The highest BCUT2D eigenvalue weighted by Gasteiger charge is 2.33. The summed E-state index contributed by atoms with van der Waals surface area (Å²) in [6, 6.07) is 0. The zero-order chi connectivity index (χ0) is 7.78. The van der Waals surface area contributed by atoms with Crippen LogP contribution in [0.3, 0.4) is 0 Å². The molecule has 0 radical (unpaired) electrons. The Kier molecular flexibility index (Phi) is 2.13. The first-order chi connectivity index (χ1) is 4.55. The summed E-state index contributed by atoms with van der Waals surface area (Å²) < 4.78 is -1.11. The summed E-state index contributed by atoms with van der Waals surface area (Å²) >= 11 is 16.9. The monoisotopic (exact) mass is 198 g/mol. The van der Waals surface area contributed by atoms with Crippen LogP contribution in [0, 0.1) is 0 Å². The van der Waals surface area contributed by atoms with Gasteiger partial charge >= 0.3 is 0 Å². The largest absolute Gasteiger partial charge is 0.319 e. The Labute approximate surface area is 74.1 Å². The third-order valence-electron chi connectivity index (χ3n) is 1.07. The van der Waals surface area contributed by atoms with E-state index >= 15 is 0 Å². The maximum Gasteiger partial charge on any atom is 0.228 e. The Hall–Kier alpha value is 0.0800. The molecule has 0 amide bonds. The van der Waals surface area contributed by atoms with Gasteiger partial charge < -0.3 is 4.90 Å². The Morgan fingerprint density at radius 1 is 1.70 bits per heavy atom. The van der Waals surface area contributed by atoms with Crippen LogP contribution in [0.2, 0.25) is 0 Å². The van der Waals surface area contributed by atoms with Gasteiger partial charge in [-0.05, 0) is 17.8 Å². The number of hydrogen-bond donors (Lipinski definition) is 0. The van der Waals surface area contributed by atoms with E-state index in [1.165, 1.54) is 6.20 Å². The molecule has 0 aromatic rings. The van der Waals surface area contributed by atoms with Crippen molar-refractivity contribution in [2.45, 2.75) is 4.46 Å². The molecule has 0 bridgehead atoms. The van der Waals surface area contributed by atoms with Crippen molar-refractivity contribution in [3.05, 3.63) is 12.8 Å². The standard InChI is InChI=1S/C5H5Cl3N2/c1-2-10-3-5(7,8)9-4(10)6/h2H,1,3H2. The van der Waals surface area contributed by atoms with E-state index in [1.807, 2.05) is 0 Å². The number of nitrogens with zero attached hydrogens (tertiary/aromatic N) is 2. The lowest BCUT2D eigenvalue weighted by molar-refractivity contribution is 0.583. The lowest BCUT2D eigenvalue weighted by Gasteiger charge is -2.11. The molecule has 0 N–H and O–H groups in total. The van der Waals surface area contributed by atoms with Gasteiger partial charge in [0, 0.05) is 0 Å². The molecule has 1 heterocycles. The minimum Gasteiger partial charge on any atom is -0.319 e. The summed E-state index contributed by atoms with van der Waals surface area (Å²) in [5.41, 5.74) is 0. The van der Waals surface area contributed by atoms with Gasteiger partial charge in [0.15, 0.2) is 0 Å². The first-order valence-electron chi connectivity index (χ1n) is 2.57. The van der Waals surface area contributed by atoms with Crippen LogP contribution in [0.25, 0.3) is 0 Å². The molecule has 0 saturated heterocycles. The zero-order valence-electron chi connectivity index (χ0n) is 5.02. The molecule has 2 nitrogen and oxygen atoms in total. The smallest absolute Gasteiger partial charge is 0.228 e. The first-order valence-corrected chi connectivity index (χ1v) is 3.71. The molecule has 1 aliphatic heterocycles. The molecule has 5 heteroatoms. The predicted octanol–water partition coefficient (Wildman–Crippen LogP) is 2.17. The van der Waals surface area contributed by atoms with Crippen molar-refractivity contribution < 1.29 is 0 Å². The molecular weight excluding hydrogens is 194 g/mol. The number of alkyl halides is 2. The van der Waals surface area contributed by atoms with Gasteiger partial charge in [0.1, 0.15) is 0 Å². The maximum atomic E-state index is 5.64. The molecule has 0 saturated carbocycles. The second-order valence-corrected chi connectivity index (χ2v) is 3.64. The van der Waals surface area contributed by atoms with Crippen LogP contribution in [0.15, 0.2) is 17.8 Å². The average Bonchev–Trinajstić information content (AvgIpc) is 2.05. The molecule has 0 unspecified atom stereocenters. The van der Waals surface area contributed by atoms with E-state index < -0.39 is 4.46 Å². The zero-order valence-corrected chi connectivity index (χ0v) is 7.29. The number of aliphatic imine (C=N–C) groups is 1. The van der Waals surface area contributed by atoms with Crippen LogP contribution in [-0.2, 0) is 0 Å². The normalized spacial score (nSPS) is 22.7. The summed E-state index contributed by atoms with van der Waals surface area (Å²) in [4.78, 5) is 5.31. The van der Waals surface area contributed by atoms with E-state index in [2.05, 4.69) is 11.6 Å². The molecule has 56 valence electrons. The first kappa shape index (κ1) is 8.18. The summed E-state index contributed by atoms with van der Waals surface area (Å²) in [5, 5.41) is 0.278. The minimum absolute atomic E-state index is 0.278. The van der Waals surface area contributed by atoms with E-state index in [0.717, 1.165) is 0 Å². The fraction of sp³-hybridized carbons (Fsp3) is 0.400. The number of rotatable bonds is 1. The molecule has 10 heavy (non-hydrogen) atoms. The van der Waals surface area contributed by atoms with Crippen LogP contribution in [0.5, 0.6) is 0 Å². The van der Waals surface area contributed by atoms with Crippen molar-refractivity contribution in [3.63, 3.8) is 0 Å².